The summed E-state index contributed by atoms with van der Waals surface area (Å²) in [5, 5.41) is 6.17. The Kier molecular flexibility index (Phi) is 6.55. The molecule has 0 aliphatic rings. The van der Waals surface area contributed by atoms with Crippen molar-refractivity contribution in [2.24, 2.45) is 0 Å². The van der Waals surface area contributed by atoms with Crippen molar-refractivity contribution < 1.29 is 13.2 Å². The van der Waals surface area contributed by atoms with E-state index in [0.717, 1.165) is 5.69 Å². The van der Waals surface area contributed by atoms with E-state index in [1.165, 1.54) is 32.0 Å². The van der Waals surface area contributed by atoms with E-state index in [1.54, 1.807) is 0 Å². The van der Waals surface area contributed by atoms with E-state index in [1.807, 2.05) is 30.3 Å². The first kappa shape index (κ1) is 20.6. The molecule has 0 fully saturated rings. The summed E-state index contributed by atoms with van der Waals surface area (Å²) in [5.41, 5.74) is 0.921. The molecule has 0 saturated carbocycles. The number of halogens is 2. The Morgan fingerprint density at radius 2 is 1.65 bits per heavy atom. The van der Waals surface area contributed by atoms with E-state index in [4.69, 9.17) is 23.2 Å². The number of amides is 1. The molecule has 0 atom stereocenters. The zero-order chi connectivity index (χ0) is 19.4. The first-order chi connectivity index (χ1) is 12.2. The van der Waals surface area contributed by atoms with Crippen LogP contribution in [0.25, 0.3) is 0 Å². The third kappa shape index (κ3) is 4.50. The van der Waals surface area contributed by atoms with Crippen LogP contribution in [0, 0.1) is 0 Å². The summed E-state index contributed by atoms with van der Waals surface area (Å²) in [4.78, 5) is 12.4. The predicted octanol–water partition coefficient (Wildman–Crippen LogP) is 3.77. The molecule has 0 radical (unpaired) electrons. The van der Waals surface area contributed by atoms with Crippen molar-refractivity contribution in [3.8, 4) is 0 Å². The lowest BCUT2D eigenvalue weighted by Crippen LogP contribution is -2.49. The Bertz CT molecular complexity index is 885. The molecule has 140 valence electrons. The Balaban J connectivity index is 2.02. The smallest absolute Gasteiger partial charge is 0.241 e. The fraction of sp³-hybridized carbons (Fsp3) is 0.278. The summed E-state index contributed by atoms with van der Waals surface area (Å²) in [5.74, 6) is -0.585. The summed E-state index contributed by atoms with van der Waals surface area (Å²) in [6.07, 6.45) is 0. The number of hydrogen-bond donors (Lipinski definition) is 2. The van der Waals surface area contributed by atoms with Gasteiger partial charge in [0.1, 0.15) is 4.75 Å². The van der Waals surface area contributed by atoms with Gasteiger partial charge in [-0.25, -0.2) is 8.42 Å². The molecular formula is C18H20Cl2N2O3S. The lowest BCUT2D eigenvalue weighted by Gasteiger charge is -2.24. The van der Waals surface area contributed by atoms with Crippen LogP contribution in [0.4, 0.5) is 5.69 Å². The van der Waals surface area contributed by atoms with Crippen LogP contribution in [0.5, 0.6) is 0 Å². The van der Waals surface area contributed by atoms with Gasteiger partial charge in [0.25, 0.3) is 0 Å². The van der Waals surface area contributed by atoms with E-state index in [-0.39, 0.29) is 21.5 Å². The highest BCUT2D eigenvalue weighted by atomic mass is 35.5. The molecule has 26 heavy (non-hydrogen) atoms. The first-order valence-corrected chi connectivity index (χ1v) is 10.2. The van der Waals surface area contributed by atoms with E-state index in [2.05, 4.69) is 10.6 Å². The highest BCUT2D eigenvalue weighted by Crippen LogP contribution is 2.30. The number of sulfone groups is 1. The molecule has 0 saturated heterocycles. The number of carbonyl (C=O) groups excluding carboxylic acids is 1. The van der Waals surface area contributed by atoms with E-state index < -0.39 is 20.5 Å². The molecule has 0 aromatic heterocycles. The summed E-state index contributed by atoms with van der Waals surface area (Å²) in [6.45, 7) is 3.49. The van der Waals surface area contributed by atoms with Gasteiger partial charge >= 0.3 is 0 Å². The Hall–Kier alpha value is -1.76. The van der Waals surface area contributed by atoms with Gasteiger partial charge in [-0.15, -0.1) is 0 Å². The SMILES string of the molecule is CC(C)(C(=O)NCCNc1ccccc1)S(=O)(=O)c1ccc(Cl)c(Cl)c1. The minimum Gasteiger partial charge on any atom is -0.383 e. The molecule has 5 nitrogen and oxygen atoms in total. The zero-order valence-electron chi connectivity index (χ0n) is 14.4. The van der Waals surface area contributed by atoms with Gasteiger partial charge in [-0.2, -0.15) is 0 Å². The standard InChI is InChI=1S/C18H20Cl2N2O3S/c1-18(2,26(24,25)14-8-9-15(19)16(20)12-14)17(23)22-11-10-21-13-6-4-3-5-7-13/h3-9,12,21H,10-11H2,1-2H3,(H,22,23). The van der Waals surface area contributed by atoms with Crippen LogP contribution in [0.3, 0.4) is 0 Å². The topological polar surface area (TPSA) is 75.3 Å². The van der Waals surface area contributed by atoms with E-state index in [0.29, 0.717) is 6.54 Å². The molecule has 0 bridgehead atoms. The normalized spacial score (nSPS) is 11.8. The number of hydrogen-bond acceptors (Lipinski definition) is 4. The fourth-order valence-corrected chi connectivity index (χ4v) is 4.00. The highest BCUT2D eigenvalue weighted by molar-refractivity contribution is 7.93. The van der Waals surface area contributed by atoms with Crippen LogP contribution in [-0.4, -0.2) is 32.2 Å². The van der Waals surface area contributed by atoms with Gasteiger partial charge in [0.15, 0.2) is 9.84 Å². The number of rotatable bonds is 7. The van der Waals surface area contributed by atoms with Gasteiger partial charge < -0.3 is 10.6 Å². The molecule has 0 aliphatic heterocycles. The number of anilines is 1. The molecule has 2 N–H and O–H groups in total. The third-order valence-electron chi connectivity index (χ3n) is 3.93. The minimum absolute atomic E-state index is 0.0468. The Morgan fingerprint density at radius 3 is 2.27 bits per heavy atom. The molecular weight excluding hydrogens is 395 g/mol. The van der Waals surface area contributed by atoms with E-state index >= 15 is 0 Å². The van der Waals surface area contributed by atoms with Gasteiger partial charge in [0, 0.05) is 18.8 Å². The highest BCUT2D eigenvalue weighted by Gasteiger charge is 2.42. The van der Waals surface area contributed by atoms with Crippen molar-refractivity contribution in [2.45, 2.75) is 23.5 Å². The van der Waals surface area contributed by atoms with Crippen molar-refractivity contribution in [1.29, 1.82) is 0 Å². The van der Waals surface area contributed by atoms with Crippen LogP contribution in [0.1, 0.15) is 13.8 Å². The van der Waals surface area contributed by atoms with Crippen LogP contribution in [0.2, 0.25) is 10.0 Å². The van der Waals surface area contributed by atoms with Crippen molar-refractivity contribution in [3.05, 3.63) is 58.6 Å². The number of nitrogens with one attached hydrogen (secondary N) is 2. The predicted molar refractivity (Wildman–Crippen MR) is 106 cm³/mol. The summed E-state index contributed by atoms with van der Waals surface area (Å²) >= 11 is 11.7. The summed E-state index contributed by atoms with van der Waals surface area (Å²) < 4.78 is 24.0. The molecule has 0 unspecified atom stereocenters. The molecule has 2 aromatic rings. The van der Waals surface area contributed by atoms with Gasteiger partial charge in [0.05, 0.1) is 14.9 Å². The maximum atomic E-state index is 12.8. The second-order valence-corrected chi connectivity index (χ2v) is 9.45. The lowest BCUT2D eigenvalue weighted by molar-refractivity contribution is -0.122. The summed E-state index contributed by atoms with van der Waals surface area (Å²) in [6, 6.07) is 13.5. The molecule has 0 aliphatic carbocycles. The number of para-hydroxylation sites is 1. The largest absolute Gasteiger partial charge is 0.383 e. The fourth-order valence-electron chi connectivity index (χ4n) is 2.21. The second kappa shape index (κ2) is 8.29. The monoisotopic (exact) mass is 414 g/mol. The number of carbonyl (C=O) groups is 1. The number of benzene rings is 2. The average Bonchev–Trinajstić information content (AvgIpc) is 2.61. The third-order valence-corrected chi connectivity index (χ3v) is 7.08. The average molecular weight is 415 g/mol. The van der Waals surface area contributed by atoms with Crippen LogP contribution in [0.15, 0.2) is 53.4 Å². The lowest BCUT2D eigenvalue weighted by atomic mass is 10.2. The Labute approximate surface area is 163 Å². The molecule has 2 aromatic carbocycles. The zero-order valence-corrected chi connectivity index (χ0v) is 16.8. The molecule has 0 spiro atoms. The van der Waals surface area contributed by atoms with Crippen molar-refractivity contribution in [3.63, 3.8) is 0 Å². The second-order valence-electron chi connectivity index (χ2n) is 6.14. The van der Waals surface area contributed by atoms with Crippen LogP contribution < -0.4 is 10.6 Å². The van der Waals surface area contributed by atoms with Gasteiger partial charge in [-0.1, -0.05) is 41.4 Å². The van der Waals surface area contributed by atoms with Crippen molar-refractivity contribution >= 4 is 44.6 Å². The van der Waals surface area contributed by atoms with Gasteiger partial charge in [-0.3, -0.25) is 4.79 Å². The maximum Gasteiger partial charge on any atom is 0.241 e. The maximum absolute atomic E-state index is 12.8. The van der Waals surface area contributed by atoms with Gasteiger partial charge in [-0.05, 0) is 44.2 Å². The molecule has 2 rings (SSSR count). The molecule has 1 amide bonds. The van der Waals surface area contributed by atoms with Crippen LogP contribution >= 0.6 is 23.2 Å². The van der Waals surface area contributed by atoms with E-state index in [9.17, 15) is 13.2 Å². The summed E-state index contributed by atoms with van der Waals surface area (Å²) in [7, 11) is -3.94. The minimum atomic E-state index is -3.94. The molecule has 8 heteroatoms. The van der Waals surface area contributed by atoms with Crippen LogP contribution in [-0.2, 0) is 14.6 Å². The molecule has 0 heterocycles. The quantitative estimate of drug-likeness (QED) is 0.675. The van der Waals surface area contributed by atoms with Crippen molar-refractivity contribution in [1.82, 2.24) is 5.32 Å². The first-order valence-electron chi connectivity index (χ1n) is 7.93. The van der Waals surface area contributed by atoms with Crippen molar-refractivity contribution in [2.75, 3.05) is 18.4 Å². The van der Waals surface area contributed by atoms with Gasteiger partial charge in [0.2, 0.25) is 5.91 Å². The Morgan fingerprint density at radius 1 is 1.00 bits per heavy atom.